The molecule has 1 aromatic carbocycles. The summed E-state index contributed by atoms with van der Waals surface area (Å²) in [5, 5.41) is 10.7. The predicted molar refractivity (Wildman–Crippen MR) is 117 cm³/mol. The second kappa shape index (κ2) is 9.09. The fraction of sp³-hybridized carbons (Fsp3) is 0.240. The summed E-state index contributed by atoms with van der Waals surface area (Å²) in [6.07, 6.45) is 3.01. The van der Waals surface area contributed by atoms with E-state index in [-0.39, 0.29) is 17.9 Å². The van der Waals surface area contributed by atoms with Crippen molar-refractivity contribution in [3.8, 4) is 5.75 Å². The lowest BCUT2D eigenvalue weighted by atomic mass is 9.95. The van der Waals surface area contributed by atoms with Gasteiger partial charge in [-0.05, 0) is 47.9 Å². The van der Waals surface area contributed by atoms with Gasteiger partial charge in [-0.25, -0.2) is 0 Å². The molecule has 3 heterocycles. The van der Waals surface area contributed by atoms with E-state index in [2.05, 4.69) is 18.8 Å². The van der Waals surface area contributed by atoms with Crippen LogP contribution in [-0.4, -0.2) is 33.3 Å². The maximum Gasteiger partial charge on any atom is 0.290 e. The second-order valence-corrected chi connectivity index (χ2v) is 8.00. The minimum atomic E-state index is -0.815. The van der Waals surface area contributed by atoms with Gasteiger partial charge in [0, 0.05) is 6.20 Å². The third-order valence-corrected chi connectivity index (χ3v) is 5.11. The zero-order chi connectivity index (χ0) is 22.7. The number of carbonyl (C=O) groups is 2. The maximum absolute atomic E-state index is 13.2. The van der Waals surface area contributed by atoms with Crippen LogP contribution >= 0.6 is 0 Å². The third kappa shape index (κ3) is 4.27. The van der Waals surface area contributed by atoms with Crippen LogP contribution in [0.2, 0.25) is 0 Å². The normalized spacial score (nSPS) is 16.2. The highest BCUT2D eigenvalue weighted by Crippen LogP contribution is 2.40. The van der Waals surface area contributed by atoms with Gasteiger partial charge in [0.15, 0.2) is 11.5 Å². The highest BCUT2D eigenvalue weighted by atomic mass is 16.5. The van der Waals surface area contributed by atoms with Crippen LogP contribution < -0.4 is 4.74 Å². The number of Topliss-reactive ketones (excluding diaryl/α,β-unsaturated/α-hetero) is 1. The van der Waals surface area contributed by atoms with Crippen molar-refractivity contribution in [2.24, 2.45) is 5.92 Å². The Morgan fingerprint density at radius 2 is 2.03 bits per heavy atom. The summed E-state index contributed by atoms with van der Waals surface area (Å²) in [6.45, 7) is 4.76. The number of rotatable bonds is 8. The Hall–Kier alpha value is -3.87. The van der Waals surface area contributed by atoms with E-state index in [1.807, 2.05) is 12.1 Å². The molecule has 3 aromatic rings. The molecule has 164 valence electrons. The molecule has 1 atom stereocenters. The number of hydrogen-bond donors (Lipinski definition) is 1. The molecule has 7 nitrogen and oxygen atoms in total. The van der Waals surface area contributed by atoms with Crippen LogP contribution in [0.5, 0.6) is 5.75 Å². The summed E-state index contributed by atoms with van der Waals surface area (Å²) in [5.74, 6) is -0.742. The minimum absolute atomic E-state index is 0.0260. The average molecular weight is 432 g/mol. The number of aliphatic hydroxyl groups excluding tert-OH is 1. The summed E-state index contributed by atoms with van der Waals surface area (Å²) in [4.78, 5) is 32.0. The van der Waals surface area contributed by atoms with Crippen LogP contribution in [0, 0.1) is 5.92 Å². The quantitative estimate of drug-likeness (QED) is 0.527. The number of aliphatic hydroxyl groups is 1. The standard InChI is InChI=1S/C25H24N2O5/c1-16(2)15-32-19-9-5-7-17(13-19)22-21(23(28)20-10-6-12-31-20)24(29)25(30)27(22)14-18-8-3-4-11-26-18/h3-13,16,22,29H,14-15H2,1-2H3. The molecule has 1 aliphatic heterocycles. The summed E-state index contributed by atoms with van der Waals surface area (Å²) < 4.78 is 11.1. The molecule has 0 saturated carbocycles. The number of ether oxygens (including phenoxy) is 1. The van der Waals surface area contributed by atoms with E-state index < -0.39 is 23.5 Å². The first-order valence-corrected chi connectivity index (χ1v) is 10.4. The van der Waals surface area contributed by atoms with Crippen LogP contribution in [-0.2, 0) is 11.3 Å². The van der Waals surface area contributed by atoms with E-state index in [0.29, 0.717) is 29.5 Å². The Bertz CT molecular complexity index is 1140. The summed E-state index contributed by atoms with van der Waals surface area (Å²) in [5.41, 5.74) is 1.26. The monoisotopic (exact) mass is 432 g/mol. The minimum Gasteiger partial charge on any atom is -0.503 e. The molecule has 0 fully saturated rings. The van der Waals surface area contributed by atoms with Gasteiger partial charge in [-0.1, -0.05) is 32.0 Å². The van der Waals surface area contributed by atoms with Crippen LogP contribution in [0.3, 0.4) is 0 Å². The number of amides is 1. The van der Waals surface area contributed by atoms with Gasteiger partial charge in [0.1, 0.15) is 5.75 Å². The fourth-order valence-corrected chi connectivity index (χ4v) is 3.64. The molecule has 4 rings (SSSR count). The van der Waals surface area contributed by atoms with Gasteiger partial charge >= 0.3 is 0 Å². The van der Waals surface area contributed by atoms with Gasteiger partial charge in [-0.2, -0.15) is 0 Å². The highest BCUT2D eigenvalue weighted by molar-refractivity contribution is 6.15. The number of ketones is 1. The van der Waals surface area contributed by atoms with Crippen molar-refractivity contribution >= 4 is 11.7 Å². The summed E-state index contributed by atoms with van der Waals surface area (Å²) in [7, 11) is 0. The molecule has 0 radical (unpaired) electrons. The SMILES string of the molecule is CC(C)COc1cccc(C2C(C(=O)c3ccco3)=C(O)C(=O)N2Cc2ccccn2)c1. The third-order valence-electron chi connectivity index (χ3n) is 5.11. The van der Waals surface area contributed by atoms with Crippen molar-refractivity contribution in [3.63, 3.8) is 0 Å². The number of pyridine rings is 1. The smallest absolute Gasteiger partial charge is 0.290 e. The van der Waals surface area contributed by atoms with Crippen molar-refractivity contribution in [1.29, 1.82) is 0 Å². The lowest BCUT2D eigenvalue weighted by Gasteiger charge is -2.26. The average Bonchev–Trinajstić information content (AvgIpc) is 3.42. The van der Waals surface area contributed by atoms with Crippen LogP contribution in [0.15, 0.2) is 82.8 Å². The van der Waals surface area contributed by atoms with E-state index in [0.717, 1.165) is 0 Å². The highest BCUT2D eigenvalue weighted by Gasteiger charge is 2.44. The maximum atomic E-state index is 13.2. The molecular weight excluding hydrogens is 408 g/mol. The second-order valence-electron chi connectivity index (χ2n) is 8.00. The van der Waals surface area contributed by atoms with E-state index in [4.69, 9.17) is 9.15 Å². The van der Waals surface area contributed by atoms with Crippen molar-refractivity contribution in [2.75, 3.05) is 6.61 Å². The molecule has 32 heavy (non-hydrogen) atoms. The number of aromatic nitrogens is 1. The van der Waals surface area contributed by atoms with E-state index in [1.165, 1.54) is 17.2 Å². The van der Waals surface area contributed by atoms with Crippen molar-refractivity contribution < 1.29 is 23.8 Å². The zero-order valence-electron chi connectivity index (χ0n) is 17.9. The Labute approximate surface area is 186 Å². The number of carbonyl (C=O) groups excluding carboxylic acids is 2. The number of nitrogens with zero attached hydrogens (tertiary/aromatic N) is 2. The molecule has 0 bridgehead atoms. The molecule has 0 saturated heterocycles. The summed E-state index contributed by atoms with van der Waals surface area (Å²) in [6, 6.07) is 14.9. The molecule has 1 N–H and O–H groups in total. The van der Waals surface area contributed by atoms with Gasteiger partial charge in [-0.3, -0.25) is 14.6 Å². The van der Waals surface area contributed by atoms with Crippen molar-refractivity contribution in [1.82, 2.24) is 9.88 Å². The van der Waals surface area contributed by atoms with Gasteiger partial charge < -0.3 is 19.2 Å². The Balaban J connectivity index is 1.76. The van der Waals surface area contributed by atoms with E-state index in [1.54, 1.807) is 42.6 Å². The predicted octanol–water partition coefficient (Wildman–Crippen LogP) is 4.49. The molecule has 1 aliphatic rings. The van der Waals surface area contributed by atoms with Crippen LogP contribution in [0.1, 0.15) is 41.7 Å². The Morgan fingerprint density at radius 3 is 2.72 bits per heavy atom. The number of furan rings is 1. The van der Waals surface area contributed by atoms with Gasteiger partial charge in [0.05, 0.1) is 36.7 Å². The first kappa shape index (κ1) is 21.4. The zero-order valence-corrected chi connectivity index (χ0v) is 17.9. The van der Waals surface area contributed by atoms with Crippen LogP contribution in [0.4, 0.5) is 0 Å². The van der Waals surface area contributed by atoms with E-state index in [9.17, 15) is 14.7 Å². The molecule has 1 amide bonds. The molecule has 7 heteroatoms. The topological polar surface area (TPSA) is 92.9 Å². The largest absolute Gasteiger partial charge is 0.503 e. The fourth-order valence-electron chi connectivity index (χ4n) is 3.64. The summed E-state index contributed by atoms with van der Waals surface area (Å²) >= 11 is 0. The number of hydrogen-bond acceptors (Lipinski definition) is 6. The Kier molecular flexibility index (Phi) is 6.07. The van der Waals surface area contributed by atoms with Crippen LogP contribution in [0.25, 0.3) is 0 Å². The first-order valence-electron chi connectivity index (χ1n) is 10.4. The first-order chi connectivity index (χ1) is 15.5. The van der Waals surface area contributed by atoms with Crippen molar-refractivity contribution in [2.45, 2.75) is 26.4 Å². The van der Waals surface area contributed by atoms with Gasteiger partial charge in [0.2, 0.25) is 5.78 Å². The molecule has 2 aromatic heterocycles. The molecular formula is C25H24N2O5. The molecule has 0 spiro atoms. The van der Waals surface area contributed by atoms with Gasteiger partial charge in [0.25, 0.3) is 5.91 Å². The Morgan fingerprint density at radius 1 is 1.19 bits per heavy atom. The van der Waals surface area contributed by atoms with E-state index >= 15 is 0 Å². The number of benzene rings is 1. The molecule has 1 unspecified atom stereocenters. The molecule has 0 aliphatic carbocycles. The van der Waals surface area contributed by atoms with Gasteiger partial charge in [-0.15, -0.1) is 0 Å². The van der Waals surface area contributed by atoms with Crippen molar-refractivity contribution in [3.05, 3.63) is 95.4 Å². The lowest BCUT2D eigenvalue weighted by Crippen LogP contribution is -2.31. The lowest BCUT2D eigenvalue weighted by molar-refractivity contribution is -0.130.